The minimum absolute atomic E-state index is 0.0811. The van der Waals surface area contributed by atoms with E-state index in [-0.39, 0.29) is 53.3 Å². The molecule has 2 aromatic rings. The van der Waals surface area contributed by atoms with Gasteiger partial charge in [-0.25, -0.2) is 4.79 Å². The summed E-state index contributed by atoms with van der Waals surface area (Å²) in [5, 5.41) is 13.6. The van der Waals surface area contributed by atoms with Crippen LogP contribution in [0.4, 0.5) is 11.4 Å². The molecule has 5 atom stereocenters. The van der Waals surface area contributed by atoms with Gasteiger partial charge in [0.2, 0.25) is 11.8 Å². The van der Waals surface area contributed by atoms with Gasteiger partial charge in [-0.15, -0.1) is 0 Å². The molecule has 2 bridgehead atoms. The van der Waals surface area contributed by atoms with Gasteiger partial charge in [-0.05, 0) is 49.7 Å². The van der Waals surface area contributed by atoms with Crippen molar-refractivity contribution >= 4 is 35.1 Å². The molecule has 2 aliphatic carbocycles. The third kappa shape index (κ3) is 4.59. The molecular formula is C27H27N3O7. The van der Waals surface area contributed by atoms with E-state index in [2.05, 4.69) is 5.32 Å². The molecule has 0 radical (unpaired) electrons. The van der Waals surface area contributed by atoms with Crippen LogP contribution in [0.2, 0.25) is 0 Å². The van der Waals surface area contributed by atoms with Crippen molar-refractivity contribution in [2.75, 3.05) is 11.9 Å². The summed E-state index contributed by atoms with van der Waals surface area (Å²) in [6.07, 6.45) is 2.80. The van der Waals surface area contributed by atoms with Crippen LogP contribution in [0.1, 0.15) is 30.4 Å². The van der Waals surface area contributed by atoms with Crippen LogP contribution in [0.5, 0.6) is 0 Å². The van der Waals surface area contributed by atoms with Crippen molar-refractivity contribution in [1.29, 1.82) is 0 Å². The van der Waals surface area contributed by atoms with Gasteiger partial charge in [-0.2, -0.15) is 0 Å². The standard InChI is InChI=1S/C27H27N3O7/c1-15-7-10-19(13-20(15)30(35)36)28-22(31)14-37-27(34)21(11-16-5-3-2-4-6-16)29-25(32)23-17-8-9-18(12-17)24(23)26(29)33/h2-7,10,13,17-18,21,23-24H,8-9,11-12,14H2,1H3,(H,28,31)/t17-,18-,21-,23-,24-/m0/s1. The number of fused-ring (bicyclic) bond motifs is 5. The molecule has 0 spiro atoms. The van der Waals surface area contributed by atoms with Crippen molar-refractivity contribution in [3.8, 4) is 0 Å². The fraction of sp³-hybridized carbons (Fsp3) is 0.407. The molecule has 0 unspecified atom stereocenters. The van der Waals surface area contributed by atoms with E-state index in [4.69, 9.17) is 4.74 Å². The largest absolute Gasteiger partial charge is 0.454 e. The summed E-state index contributed by atoms with van der Waals surface area (Å²) >= 11 is 0. The van der Waals surface area contributed by atoms with Crippen molar-refractivity contribution in [3.05, 3.63) is 69.8 Å². The molecule has 3 fully saturated rings. The monoisotopic (exact) mass is 505 g/mol. The molecule has 37 heavy (non-hydrogen) atoms. The van der Waals surface area contributed by atoms with Crippen LogP contribution in [-0.4, -0.2) is 46.2 Å². The lowest BCUT2D eigenvalue weighted by Crippen LogP contribution is -2.48. The summed E-state index contributed by atoms with van der Waals surface area (Å²) in [6, 6.07) is 12.1. The number of nitro groups is 1. The zero-order valence-electron chi connectivity index (χ0n) is 20.3. The van der Waals surface area contributed by atoms with Gasteiger partial charge >= 0.3 is 5.97 Å². The Morgan fingerprint density at radius 2 is 1.73 bits per heavy atom. The Labute approximate surface area is 213 Å². The number of nitrogens with zero attached hydrogens (tertiary/aromatic N) is 2. The lowest BCUT2D eigenvalue weighted by molar-refractivity contribution is -0.385. The third-order valence-electron chi connectivity index (χ3n) is 7.85. The molecule has 5 rings (SSSR count). The molecule has 2 saturated carbocycles. The van der Waals surface area contributed by atoms with Crippen LogP contribution in [0.25, 0.3) is 0 Å². The number of hydrogen-bond donors (Lipinski definition) is 1. The minimum Gasteiger partial charge on any atom is -0.454 e. The number of esters is 1. The zero-order valence-corrected chi connectivity index (χ0v) is 20.3. The summed E-state index contributed by atoms with van der Waals surface area (Å²) in [4.78, 5) is 64.1. The topological polar surface area (TPSA) is 136 Å². The van der Waals surface area contributed by atoms with Crippen molar-refractivity contribution in [1.82, 2.24) is 4.90 Å². The summed E-state index contributed by atoms with van der Waals surface area (Å²) in [7, 11) is 0. The lowest BCUT2D eigenvalue weighted by atomic mass is 9.81. The van der Waals surface area contributed by atoms with E-state index in [9.17, 15) is 29.3 Å². The van der Waals surface area contributed by atoms with Crippen LogP contribution < -0.4 is 5.32 Å². The highest BCUT2D eigenvalue weighted by Crippen LogP contribution is 2.56. The minimum atomic E-state index is -1.18. The van der Waals surface area contributed by atoms with Gasteiger partial charge in [0.15, 0.2) is 6.61 Å². The number of benzene rings is 2. The van der Waals surface area contributed by atoms with Gasteiger partial charge in [-0.1, -0.05) is 36.4 Å². The number of aryl methyl sites for hydroxylation is 1. The molecule has 1 saturated heterocycles. The van der Waals surface area contributed by atoms with Crippen LogP contribution in [0.15, 0.2) is 48.5 Å². The SMILES string of the molecule is Cc1ccc(NC(=O)COC(=O)[C@H](Cc2ccccc2)N2C(=O)[C@H]3[C@H]4CC[C@@H](C4)[C@@H]3C2=O)cc1[N+](=O)[O-]. The molecule has 0 aromatic heterocycles. The Balaban J connectivity index is 1.30. The van der Waals surface area contributed by atoms with Gasteiger partial charge < -0.3 is 10.1 Å². The number of carbonyl (C=O) groups is 4. The van der Waals surface area contributed by atoms with Crippen LogP contribution in [0.3, 0.4) is 0 Å². The lowest BCUT2D eigenvalue weighted by Gasteiger charge is -2.26. The van der Waals surface area contributed by atoms with Crippen molar-refractivity contribution in [3.63, 3.8) is 0 Å². The Morgan fingerprint density at radius 3 is 2.35 bits per heavy atom. The summed E-state index contributed by atoms with van der Waals surface area (Å²) in [5.41, 5.74) is 1.23. The quantitative estimate of drug-likeness (QED) is 0.252. The summed E-state index contributed by atoms with van der Waals surface area (Å²) in [6.45, 7) is 0.916. The van der Waals surface area contributed by atoms with E-state index < -0.39 is 29.4 Å². The van der Waals surface area contributed by atoms with E-state index in [1.165, 1.54) is 18.2 Å². The maximum Gasteiger partial charge on any atom is 0.330 e. The van der Waals surface area contributed by atoms with E-state index in [1.54, 1.807) is 31.2 Å². The highest BCUT2D eigenvalue weighted by molar-refractivity contribution is 6.08. The van der Waals surface area contributed by atoms with E-state index in [1.807, 2.05) is 6.07 Å². The Kier molecular flexibility index (Phi) is 6.49. The first kappa shape index (κ1) is 24.6. The van der Waals surface area contributed by atoms with Gasteiger partial charge in [-0.3, -0.25) is 29.4 Å². The molecule has 3 aliphatic rings. The molecular weight excluding hydrogens is 478 g/mol. The fourth-order valence-corrected chi connectivity index (χ4v) is 6.17. The number of hydrogen-bond acceptors (Lipinski definition) is 7. The first-order valence-electron chi connectivity index (χ1n) is 12.4. The zero-order chi connectivity index (χ0) is 26.3. The normalized spacial score (nSPS) is 24.6. The van der Waals surface area contributed by atoms with Gasteiger partial charge in [0.25, 0.3) is 11.6 Å². The second-order valence-corrected chi connectivity index (χ2v) is 10.1. The highest BCUT2D eigenvalue weighted by atomic mass is 16.6. The number of amides is 3. The molecule has 10 heteroatoms. The maximum atomic E-state index is 13.4. The Hall–Kier alpha value is -4.08. The third-order valence-corrected chi connectivity index (χ3v) is 7.85. The van der Waals surface area contributed by atoms with E-state index >= 15 is 0 Å². The number of likely N-dealkylation sites (tertiary alicyclic amines) is 1. The second kappa shape index (κ2) is 9.76. The summed E-state index contributed by atoms with van der Waals surface area (Å²) in [5.74, 6) is -2.59. The summed E-state index contributed by atoms with van der Waals surface area (Å²) < 4.78 is 5.28. The first-order valence-corrected chi connectivity index (χ1v) is 12.4. The molecule has 1 aliphatic heterocycles. The number of nitro benzene ring substituents is 1. The highest BCUT2D eigenvalue weighted by Gasteiger charge is 2.62. The second-order valence-electron chi connectivity index (χ2n) is 10.1. The first-order chi connectivity index (χ1) is 17.7. The molecule has 10 nitrogen and oxygen atoms in total. The predicted molar refractivity (Wildman–Crippen MR) is 131 cm³/mol. The fourth-order valence-electron chi connectivity index (χ4n) is 6.17. The van der Waals surface area contributed by atoms with Crippen LogP contribution in [-0.2, 0) is 30.3 Å². The molecule has 1 N–H and O–H groups in total. The number of anilines is 1. The van der Waals surface area contributed by atoms with Crippen molar-refractivity contribution in [2.45, 2.75) is 38.6 Å². The average Bonchev–Trinajstić information content (AvgIpc) is 3.56. The number of ether oxygens (including phenoxy) is 1. The van der Waals surface area contributed by atoms with Gasteiger partial charge in [0.1, 0.15) is 6.04 Å². The number of nitrogens with one attached hydrogen (secondary N) is 1. The number of imide groups is 1. The predicted octanol–water partition coefficient (Wildman–Crippen LogP) is 3.03. The van der Waals surface area contributed by atoms with Gasteiger partial charge in [0, 0.05) is 23.7 Å². The van der Waals surface area contributed by atoms with Crippen LogP contribution in [0, 0.1) is 40.7 Å². The van der Waals surface area contributed by atoms with Gasteiger partial charge in [0.05, 0.1) is 16.8 Å². The molecule has 192 valence electrons. The number of carbonyl (C=O) groups excluding carboxylic acids is 4. The number of rotatable bonds is 8. The molecule has 1 heterocycles. The van der Waals surface area contributed by atoms with E-state index in [0.29, 0.717) is 5.56 Å². The molecule has 2 aromatic carbocycles. The van der Waals surface area contributed by atoms with Crippen LogP contribution >= 0.6 is 0 Å². The van der Waals surface area contributed by atoms with Crippen molar-refractivity contribution < 1.29 is 28.8 Å². The van der Waals surface area contributed by atoms with Crippen molar-refractivity contribution in [2.24, 2.45) is 23.7 Å². The van der Waals surface area contributed by atoms with E-state index in [0.717, 1.165) is 29.7 Å². The smallest absolute Gasteiger partial charge is 0.330 e. The maximum absolute atomic E-state index is 13.4. The Morgan fingerprint density at radius 1 is 1.08 bits per heavy atom. The Bertz CT molecular complexity index is 1250. The molecule has 3 amide bonds. The average molecular weight is 506 g/mol.